The Hall–Kier alpha value is -2.30. The van der Waals surface area contributed by atoms with Gasteiger partial charge in [0.1, 0.15) is 11.4 Å². The topological polar surface area (TPSA) is 79.1 Å². The molecule has 0 aliphatic heterocycles. The van der Waals surface area contributed by atoms with Gasteiger partial charge in [-0.15, -0.1) is 0 Å². The molecule has 0 bridgehead atoms. The van der Waals surface area contributed by atoms with E-state index >= 15 is 0 Å². The number of hydrogen-bond acceptors (Lipinski definition) is 2. The largest absolute Gasteiger partial charge is 0.478 e. The molecule has 0 atom stereocenters. The van der Waals surface area contributed by atoms with Crippen molar-refractivity contribution in [2.75, 3.05) is 5.73 Å². The van der Waals surface area contributed by atoms with Gasteiger partial charge in [-0.1, -0.05) is 12.1 Å². The summed E-state index contributed by atoms with van der Waals surface area (Å²) in [4.78, 5) is 13.8. The molecule has 0 saturated carbocycles. The van der Waals surface area contributed by atoms with Gasteiger partial charge in [-0.25, -0.2) is 9.18 Å². The average Bonchev–Trinajstić information content (AvgIpc) is 2.55. The minimum atomic E-state index is -1.13. The van der Waals surface area contributed by atoms with E-state index in [0.29, 0.717) is 11.4 Å². The Morgan fingerprint density at radius 1 is 1.41 bits per heavy atom. The fourth-order valence-electron chi connectivity index (χ4n) is 1.80. The number of carboxylic acids is 1. The second-order valence-corrected chi connectivity index (χ2v) is 3.70. The van der Waals surface area contributed by atoms with E-state index in [0.717, 1.165) is 0 Å². The maximum absolute atomic E-state index is 13.6. The number of aromatic carboxylic acids is 1. The monoisotopic (exact) mass is 234 g/mol. The lowest BCUT2D eigenvalue weighted by Crippen LogP contribution is -2.01. The van der Waals surface area contributed by atoms with Gasteiger partial charge < -0.3 is 15.8 Å². The summed E-state index contributed by atoms with van der Waals surface area (Å²) in [5, 5.41) is 8.98. The lowest BCUT2D eigenvalue weighted by molar-refractivity contribution is 0.0697. The van der Waals surface area contributed by atoms with E-state index in [-0.39, 0.29) is 16.8 Å². The predicted octanol–water partition coefficient (Wildman–Crippen LogP) is 2.41. The molecule has 0 aliphatic carbocycles. The summed E-state index contributed by atoms with van der Waals surface area (Å²) < 4.78 is 13.6. The fraction of sp³-hybridized carbons (Fsp3) is 0.0833. The molecule has 0 saturated heterocycles. The molecular weight excluding hydrogens is 223 g/mol. The Kier molecular flexibility index (Phi) is 2.59. The quantitative estimate of drug-likeness (QED) is 0.746. The molecule has 5 heteroatoms. The van der Waals surface area contributed by atoms with Crippen LogP contribution in [0.5, 0.6) is 0 Å². The Morgan fingerprint density at radius 2 is 2.06 bits per heavy atom. The Labute approximate surface area is 96.9 Å². The zero-order valence-corrected chi connectivity index (χ0v) is 9.12. The number of hydrogen-bond donors (Lipinski definition) is 3. The molecule has 0 radical (unpaired) electrons. The van der Waals surface area contributed by atoms with Gasteiger partial charge in [0, 0.05) is 11.3 Å². The van der Waals surface area contributed by atoms with Gasteiger partial charge in [0.25, 0.3) is 0 Å². The number of anilines is 1. The summed E-state index contributed by atoms with van der Waals surface area (Å²) in [7, 11) is 0. The summed E-state index contributed by atoms with van der Waals surface area (Å²) in [6, 6.07) is 6.06. The Balaban J connectivity index is 2.66. The normalized spacial score (nSPS) is 10.5. The number of H-pyrrole nitrogens is 1. The maximum Gasteiger partial charge on any atom is 0.339 e. The molecule has 2 rings (SSSR count). The Morgan fingerprint density at radius 3 is 2.59 bits per heavy atom. The number of aryl methyl sites for hydroxylation is 1. The van der Waals surface area contributed by atoms with Crippen molar-refractivity contribution in [1.29, 1.82) is 0 Å². The third-order valence-corrected chi connectivity index (χ3v) is 2.58. The molecule has 1 aromatic carbocycles. The first kappa shape index (κ1) is 11.2. The van der Waals surface area contributed by atoms with Crippen LogP contribution in [0.25, 0.3) is 11.3 Å². The van der Waals surface area contributed by atoms with Gasteiger partial charge in [-0.2, -0.15) is 0 Å². The first-order valence-corrected chi connectivity index (χ1v) is 4.98. The molecular formula is C12H11FN2O2. The van der Waals surface area contributed by atoms with E-state index in [1.54, 1.807) is 25.1 Å². The van der Waals surface area contributed by atoms with Crippen LogP contribution >= 0.6 is 0 Å². The first-order valence-electron chi connectivity index (χ1n) is 4.98. The van der Waals surface area contributed by atoms with Gasteiger partial charge in [0.05, 0.1) is 11.4 Å². The number of nitrogens with one attached hydrogen (secondary N) is 1. The lowest BCUT2D eigenvalue weighted by atomic mass is 10.1. The number of carboxylic acid groups (broad SMARTS) is 1. The molecule has 0 aliphatic rings. The molecule has 4 nitrogen and oxygen atoms in total. The van der Waals surface area contributed by atoms with Crippen molar-refractivity contribution in [3.8, 4) is 11.3 Å². The van der Waals surface area contributed by atoms with Crippen molar-refractivity contribution >= 4 is 11.7 Å². The number of nitrogen functional groups attached to an aromatic ring is 1. The number of rotatable bonds is 2. The summed E-state index contributed by atoms with van der Waals surface area (Å²) in [6.07, 6.45) is 0. The van der Waals surface area contributed by atoms with Crippen LogP contribution in [0.4, 0.5) is 10.1 Å². The molecule has 88 valence electrons. The smallest absolute Gasteiger partial charge is 0.339 e. The van der Waals surface area contributed by atoms with Crippen LogP contribution in [0.1, 0.15) is 16.1 Å². The molecule has 0 spiro atoms. The van der Waals surface area contributed by atoms with Gasteiger partial charge in [0.15, 0.2) is 0 Å². The van der Waals surface area contributed by atoms with Crippen LogP contribution in [-0.2, 0) is 0 Å². The Bertz CT molecular complexity index is 590. The van der Waals surface area contributed by atoms with Crippen molar-refractivity contribution in [3.05, 3.63) is 41.3 Å². The number of halogens is 1. The zero-order valence-electron chi connectivity index (χ0n) is 9.12. The molecule has 2 aromatic rings. The van der Waals surface area contributed by atoms with E-state index in [2.05, 4.69) is 4.98 Å². The number of benzene rings is 1. The van der Waals surface area contributed by atoms with Crippen LogP contribution < -0.4 is 5.73 Å². The molecule has 4 N–H and O–H groups in total. The summed E-state index contributed by atoms with van der Waals surface area (Å²) >= 11 is 0. The predicted molar refractivity (Wildman–Crippen MR) is 62.3 cm³/mol. The van der Waals surface area contributed by atoms with Crippen molar-refractivity contribution in [2.24, 2.45) is 0 Å². The third kappa shape index (κ3) is 1.75. The van der Waals surface area contributed by atoms with E-state index in [4.69, 9.17) is 10.8 Å². The zero-order chi connectivity index (χ0) is 12.6. The summed E-state index contributed by atoms with van der Waals surface area (Å²) in [5.74, 6) is -1.57. The molecule has 1 heterocycles. The summed E-state index contributed by atoms with van der Waals surface area (Å²) in [5.41, 5.74) is 6.75. The van der Waals surface area contributed by atoms with Crippen molar-refractivity contribution in [1.82, 2.24) is 4.98 Å². The van der Waals surface area contributed by atoms with Crippen LogP contribution in [0.3, 0.4) is 0 Å². The molecule has 0 amide bonds. The highest BCUT2D eigenvalue weighted by Crippen LogP contribution is 2.31. The van der Waals surface area contributed by atoms with Crippen molar-refractivity contribution < 1.29 is 14.3 Å². The van der Waals surface area contributed by atoms with Crippen LogP contribution in [-0.4, -0.2) is 16.1 Å². The molecule has 1 aromatic heterocycles. The number of aromatic amines is 1. The second kappa shape index (κ2) is 3.93. The number of carbonyl (C=O) groups is 1. The fourth-order valence-corrected chi connectivity index (χ4v) is 1.80. The van der Waals surface area contributed by atoms with E-state index in [9.17, 15) is 9.18 Å². The van der Waals surface area contributed by atoms with Gasteiger partial charge in [-0.05, 0) is 19.1 Å². The van der Waals surface area contributed by atoms with Crippen LogP contribution in [0.2, 0.25) is 0 Å². The van der Waals surface area contributed by atoms with E-state index < -0.39 is 11.8 Å². The summed E-state index contributed by atoms with van der Waals surface area (Å²) in [6.45, 7) is 1.59. The lowest BCUT2D eigenvalue weighted by Gasteiger charge is -2.02. The van der Waals surface area contributed by atoms with Crippen molar-refractivity contribution in [3.63, 3.8) is 0 Å². The van der Waals surface area contributed by atoms with Crippen molar-refractivity contribution in [2.45, 2.75) is 6.92 Å². The van der Waals surface area contributed by atoms with E-state index in [1.807, 2.05) is 0 Å². The standard InChI is InChI=1S/C12H11FN2O2/c1-6-9(12(16)17)10(14)11(15-6)7-4-2-3-5-8(7)13/h2-5,15H,14H2,1H3,(H,16,17). The van der Waals surface area contributed by atoms with Gasteiger partial charge in [0.2, 0.25) is 0 Å². The molecule has 17 heavy (non-hydrogen) atoms. The highest BCUT2D eigenvalue weighted by molar-refractivity contribution is 5.99. The van der Waals surface area contributed by atoms with Gasteiger partial charge >= 0.3 is 5.97 Å². The SMILES string of the molecule is Cc1[nH]c(-c2ccccc2F)c(N)c1C(=O)O. The molecule has 0 unspecified atom stereocenters. The first-order chi connectivity index (χ1) is 8.02. The maximum atomic E-state index is 13.6. The van der Waals surface area contributed by atoms with Crippen LogP contribution in [0, 0.1) is 12.7 Å². The third-order valence-electron chi connectivity index (χ3n) is 2.58. The minimum absolute atomic E-state index is 0.0109. The minimum Gasteiger partial charge on any atom is -0.478 e. The highest BCUT2D eigenvalue weighted by Gasteiger charge is 2.20. The number of nitrogens with two attached hydrogens (primary N) is 1. The number of aromatic nitrogens is 1. The van der Waals surface area contributed by atoms with E-state index in [1.165, 1.54) is 6.07 Å². The van der Waals surface area contributed by atoms with Crippen LogP contribution in [0.15, 0.2) is 24.3 Å². The highest BCUT2D eigenvalue weighted by atomic mass is 19.1. The average molecular weight is 234 g/mol. The second-order valence-electron chi connectivity index (χ2n) is 3.70. The molecule has 0 fully saturated rings. The van der Waals surface area contributed by atoms with Gasteiger partial charge in [-0.3, -0.25) is 0 Å².